The number of fused-ring (bicyclic) bond motifs is 1. The minimum Gasteiger partial charge on any atom is -0.480 e. The van der Waals surface area contributed by atoms with Crippen LogP contribution >= 0.6 is 0 Å². The number of unbranched alkanes of at least 4 members (excludes halogenated alkanes) is 1. The van der Waals surface area contributed by atoms with Crippen molar-refractivity contribution in [3.63, 3.8) is 0 Å². The quantitative estimate of drug-likeness (QED) is 0.753. The molecule has 1 saturated heterocycles. The monoisotopic (exact) mass is 316 g/mol. The number of carboxylic acids is 1. The fraction of sp³-hybridized carbons (Fsp3) is 0.632. The molecule has 23 heavy (non-hydrogen) atoms. The Hall–Kier alpha value is -1.55. The molecule has 2 aliphatic heterocycles. The highest BCUT2D eigenvalue weighted by molar-refractivity contribution is 5.82. The molecule has 2 aliphatic rings. The van der Waals surface area contributed by atoms with Gasteiger partial charge in [0.15, 0.2) is 0 Å². The van der Waals surface area contributed by atoms with Crippen LogP contribution in [-0.2, 0) is 11.2 Å². The van der Waals surface area contributed by atoms with Gasteiger partial charge in [0.1, 0.15) is 6.04 Å². The number of carboxylic acid groups (broad SMARTS) is 1. The summed E-state index contributed by atoms with van der Waals surface area (Å²) in [5, 5.41) is 16.1. The number of carbonyl (C=O) groups is 1. The fourth-order valence-electron chi connectivity index (χ4n) is 4.19. The molecule has 0 radical (unpaired) electrons. The van der Waals surface area contributed by atoms with Crippen molar-refractivity contribution in [3.05, 3.63) is 29.3 Å². The van der Waals surface area contributed by atoms with Gasteiger partial charge in [0.2, 0.25) is 0 Å². The van der Waals surface area contributed by atoms with Crippen LogP contribution in [0.15, 0.2) is 18.2 Å². The van der Waals surface area contributed by atoms with Crippen LogP contribution in [-0.4, -0.2) is 30.2 Å². The summed E-state index contributed by atoms with van der Waals surface area (Å²) in [4.78, 5) is 11.4. The molecule has 0 bridgehead atoms. The molecule has 126 valence electrons. The smallest absolute Gasteiger partial charge is 0.326 e. The number of piperidine rings is 1. The van der Waals surface area contributed by atoms with Gasteiger partial charge in [0, 0.05) is 12.1 Å². The van der Waals surface area contributed by atoms with E-state index in [1.807, 2.05) is 0 Å². The van der Waals surface area contributed by atoms with Gasteiger partial charge in [-0.2, -0.15) is 0 Å². The van der Waals surface area contributed by atoms with Gasteiger partial charge in [-0.1, -0.05) is 38.0 Å². The summed E-state index contributed by atoms with van der Waals surface area (Å²) in [7, 11) is 0. The largest absolute Gasteiger partial charge is 0.480 e. The minimum absolute atomic E-state index is 0.467. The van der Waals surface area contributed by atoms with Gasteiger partial charge in [0.05, 0.1) is 0 Å². The Morgan fingerprint density at radius 2 is 2.13 bits per heavy atom. The molecule has 1 fully saturated rings. The van der Waals surface area contributed by atoms with E-state index in [0.717, 1.165) is 18.8 Å². The molecule has 3 rings (SSSR count). The van der Waals surface area contributed by atoms with Crippen LogP contribution in [0.3, 0.4) is 0 Å². The van der Waals surface area contributed by atoms with Crippen LogP contribution < -0.4 is 10.6 Å². The Balaban J connectivity index is 1.88. The Morgan fingerprint density at radius 3 is 2.83 bits per heavy atom. The van der Waals surface area contributed by atoms with Crippen LogP contribution in [0.2, 0.25) is 0 Å². The lowest BCUT2D eigenvalue weighted by Gasteiger charge is -2.32. The first kappa shape index (κ1) is 16.3. The first-order valence-corrected chi connectivity index (χ1v) is 9.02. The molecule has 3 N–H and O–H groups in total. The van der Waals surface area contributed by atoms with E-state index in [9.17, 15) is 9.90 Å². The third-order valence-corrected chi connectivity index (χ3v) is 5.44. The Bertz CT molecular complexity index is 552. The van der Waals surface area contributed by atoms with Crippen LogP contribution in [0.1, 0.15) is 56.1 Å². The predicted octanol–water partition coefficient (Wildman–Crippen LogP) is 3.38. The molecule has 0 saturated carbocycles. The summed E-state index contributed by atoms with van der Waals surface area (Å²) in [6.07, 6.45) is 6.70. The van der Waals surface area contributed by atoms with Crippen molar-refractivity contribution in [1.82, 2.24) is 5.32 Å². The molecule has 2 heterocycles. The number of benzene rings is 1. The molecule has 4 heteroatoms. The second kappa shape index (κ2) is 7.35. The number of hydrogen-bond donors (Lipinski definition) is 3. The molecule has 0 aliphatic carbocycles. The van der Waals surface area contributed by atoms with E-state index < -0.39 is 12.0 Å². The van der Waals surface area contributed by atoms with Gasteiger partial charge in [0.25, 0.3) is 0 Å². The van der Waals surface area contributed by atoms with E-state index in [1.54, 1.807) is 0 Å². The molecule has 0 amide bonds. The van der Waals surface area contributed by atoms with Gasteiger partial charge >= 0.3 is 5.97 Å². The summed E-state index contributed by atoms with van der Waals surface area (Å²) in [6, 6.07) is 5.94. The molecule has 0 spiro atoms. The number of aliphatic carboxylic acids is 1. The van der Waals surface area contributed by atoms with Gasteiger partial charge in [-0.25, -0.2) is 4.79 Å². The minimum atomic E-state index is -0.751. The fourth-order valence-corrected chi connectivity index (χ4v) is 4.19. The maximum absolute atomic E-state index is 11.4. The average Bonchev–Trinajstić information content (AvgIpc) is 3.01. The van der Waals surface area contributed by atoms with Crippen LogP contribution in [0.25, 0.3) is 0 Å². The zero-order valence-electron chi connectivity index (χ0n) is 14.0. The van der Waals surface area contributed by atoms with Crippen molar-refractivity contribution < 1.29 is 9.90 Å². The van der Waals surface area contributed by atoms with E-state index in [4.69, 9.17) is 0 Å². The first-order chi connectivity index (χ1) is 11.2. The molecule has 4 nitrogen and oxygen atoms in total. The first-order valence-electron chi connectivity index (χ1n) is 9.02. The van der Waals surface area contributed by atoms with E-state index in [1.165, 1.54) is 43.2 Å². The second-order valence-corrected chi connectivity index (χ2v) is 6.96. The predicted molar refractivity (Wildman–Crippen MR) is 93.1 cm³/mol. The summed E-state index contributed by atoms with van der Waals surface area (Å²) >= 11 is 0. The van der Waals surface area contributed by atoms with Crippen molar-refractivity contribution in [2.24, 2.45) is 5.92 Å². The zero-order chi connectivity index (χ0) is 16.2. The lowest BCUT2D eigenvalue weighted by atomic mass is 9.77. The highest BCUT2D eigenvalue weighted by atomic mass is 16.4. The van der Waals surface area contributed by atoms with Crippen molar-refractivity contribution in [2.45, 2.75) is 57.4 Å². The summed E-state index contributed by atoms with van der Waals surface area (Å²) in [5.41, 5.74) is 3.64. The van der Waals surface area contributed by atoms with Crippen molar-refractivity contribution in [2.75, 3.05) is 18.4 Å². The zero-order valence-corrected chi connectivity index (χ0v) is 14.0. The number of anilines is 1. The SMILES string of the molecule is CCCCC(c1cccc2c1NC(C(=O)O)C2)C1CCNCC1. The third-order valence-electron chi connectivity index (χ3n) is 5.44. The van der Waals surface area contributed by atoms with Gasteiger partial charge in [-0.3, -0.25) is 0 Å². The lowest BCUT2D eigenvalue weighted by molar-refractivity contribution is -0.137. The number of para-hydroxylation sites is 1. The topological polar surface area (TPSA) is 61.4 Å². The van der Waals surface area contributed by atoms with E-state index in [2.05, 4.69) is 35.8 Å². The average molecular weight is 316 g/mol. The standard InChI is InChI=1S/C19H28N2O2/c1-2-3-6-15(13-8-10-20-11-9-13)16-7-4-5-14-12-17(19(22)23)21-18(14)16/h4-5,7,13,15,17,20-21H,2-3,6,8-12H2,1H3,(H,22,23). The van der Waals surface area contributed by atoms with Crippen LogP contribution in [0.4, 0.5) is 5.69 Å². The maximum Gasteiger partial charge on any atom is 0.326 e. The van der Waals surface area contributed by atoms with Gasteiger partial charge in [-0.15, -0.1) is 0 Å². The summed E-state index contributed by atoms with van der Waals surface area (Å²) in [5.74, 6) is 0.506. The van der Waals surface area contributed by atoms with E-state index in [-0.39, 0.29) is 0 Å². The van der Waals surface area contributed by atoms with Crippen molar-refractivity contribution in [3.8, 4) is 0 Å². The molecule has 1 aromatic carbocycles. The Morgan fingerprint density at radius 1 is 1.35 bits per heavy atom. The molecule has 2 atom stereocenters. The molecule has 0 aromatic heterocycles. The highest BCUT2D eigenvalue weighted by Crippen LogP contribution is 2.42. The van der Waals surface area contributed by atoms with E-state index >= 15 is 0 Å². The van der Waals surface area contributed by atoms with Crippen molar-refractivity contribution >= 4 is 11.7 Å². The van der Waals surface area contributed by atoms with Crippen LogP contribution in [0, 0.1) is 5.92 Å². The Kier molecular flexibility index (Phi) is 5.21. The normalized spacial score (nSPS) is 22.4. The number of nitrogens with one attached hydrogen (secondary N) is 2. The molecule has 2 unspecified atom stereocenters. The third kappa shape index (κ3) is 3.52. The second-order valence-electron chi connectivity index (χ2n) is 6.96. The van der Waals surface area contributed by atoms with Gasteiger partial charge < -0.3 is 15.7 Å². The number of rotatable bonds is 6. The van der Waals surface area contributed by atoms with E-state index in [0.29, 0.717) is 18.3 Å². The molecular formula is C19H28N2O2. The lowest BCUT2D eigenvalue weighted by Crippen LogP contribution is -2.31. The van der Waals surface area contributed by atoms with Crippen LogP contribution in [0.5, 0.6) is 0 Å². The maximum atomic E-state index is 11.4. The number of hydrogen-bond acceptors (Lipinski definition) is 3. The van der Waals surface area contributed by atoms with Crippen molar-refractivity contribution in [1.29, 1.82) is 0 Å². The summed E-state index contributed by atoms with van der Waals surface area (Å²) < 4.78 is 0. The Labute approximate surface area is 138 Å². The molecule has 1 aromatic rings. The highest BCUT2D eigenvalue weighted by Gasteiger charge is 2.32. The summed E-state index contributed by atoms with van der Waals surface area (Å²) in [6.45, 7) is 4.45. The molecular weight excluding hydrogens is 288 g/mol. The van der Waals surface area contributed by atoms with Gasteiger partial charge in [-0.05, 0) is 55.3 Å².